The Kier molecular flexibility index (Phi) is 7.31. The zero-order chi connectivity index (χ0) is 22.4. The highest BCUT2D eigenvalue weighted by Crippen LogP contribution is 2.26. The number of benzene rings is 1. The van der Waals surface area contributed by atoms with E-state index in [9.17, 15) is 9.59 Å². The number of aryl methyl sites for hydroxylation is 2. The third-order valence-corrected chi connectivity index (χ3v) is 4.85. The van der Waals surface area contributed by atoms with Crippen molar-refractivity contribution in [3.05, 3.63) is 65.3 Å². The van der Waals surface area contributed by atoms with E-state index >= 15 is 0 Å². The van der Waals surface area contributed by atoms with Gasteiger partial charge < -0.3 is 15.2 Å². The number of nitrogens with one attached hydrogen (secondary N) is 2. The molecule has 0 saturated heterocycles. The first-order valence-corrected chi connectivity index (χ1v) is 10.4. The Hall–Kier alpha value is -3.32. The van der Waals surface area contributed by atoms with Crippen molar-refractivity contribution in [2.75, 3.05) is 11.9 Å². The van der Waals surface area contributed by atoms with Crippen LogP contribution in [-0.4, -0.2) is 28.4 Å². The number of hydrogen-bond acceptors (Lipinski definition) is 6. The summed E-state index contributed by atoms with van der Waals surface area (Å²) in [6.45, 7) is 8.01. The maximum Gasteiger partial charge on any atom is 0.238 e. The van der Waals surface area contributed by atoms with Crippen LogP contribution in [0.15, 0.2) is 47.1 Å². The van der Waals surface area contributed by atoms with Crippen LogP contribution in [0.25, 0.3) is 11.1 Å². The SMILES string of the molecule is CCc1cccc(-c2cnc(C(=O)C(C)C)c(NC(=O)CNCc3cc(C)no3)c2)c1. The van der Waals surface area contributed by atoms with Gasteiger partial charge in [0, 0.05) is 23.7 Å². The molecule has 0 unspecified atom stereocenters. The number of carbonyl (C=O) groups is 2. The van der Waals surface area contributed by atoms with Gasteiger partial charge in [-0.25, -0.2) is 0 Å². The second-order valence-electron chi connectivity index (χ2n) is 7.78. The van der Waals surface area contributed by atoms with Crippen molar-refractivity contribution in [1.29, 1.82) is 0 Å². The molecule has 1 aromatic carbocycles. The average Bonchev–Trinajstić information content (AvgIpc) is 3.18. The van der Waals surface area contributed by atoms with Gasteiger partial charge in [0.15, 0.2) is 11.5 Å². The average molecular weight is 421 g/mol. The molecule has 7 heteroatoms. The summed E-state index contributed by atoms with van der Waals surface area (Å²) in [7, 11) is 0. The molecule has 0 aliphatic carbocycles. The number of carbonyl (C=O) groups excluding carboxylic acids is 2. The molecular weight excluding hydrogens is 392 g/mol. The second-order valence-corrected chi connectivity index (χ2v) is 7.78. The zero-order valence-corrected chi connectivity index (χ0v) is 18.4. The molecule has 0 saturated carbocycles. The third-order valence-electron chi connectivity index (χ3n) is 4.85. The van der Waals surface area contributed by atoms with Crippen LogP contribution < -0.4 is 10.6 Å². The van der Waals surface area contributed by atoms with Crippen molar-refractivity contribution in [3.8, 4) is 11.1 Å². The van der Waals surface area contributed by atoms with Crippen LogP contribution in [0.3, 0.4) is 0 Å². The van der Waals surface area contributed by atoms with E-state index in [0.29, 0.717) is 18.0 Å². The van der Waals surface area contributed by atoms with E-state index < -0.39 is 0 Å². The van der Waals surface area contributed by atoms with Gasteiger partial charge in [0.1, 0.15) is 5.69 Å². The number of ketones is 1. The van der Waals surface area contributed by atoms with Crippen molar-refractivity contribution in [3.63, 3.8) is 0 Å². The van der Waals surface area contributed by atoms with Crippen molar-refractivity contribution in [2.24, 2.45) is 5.92 Å². The van der Waals surface area contributed by atoms with Gasteiger partial charge in [-0.2, -0.15) is 0 Å². The Morgan fingerprint density at radius 2 is 1.94 bits per heavy atom. The van der Waals surface area contributed by atoms with E-state index in [0.717, 1.165) is 23.2 Å². The van der Waals surface area contributed by atoms with Crippen LogP contribution in [-0.2, 0) is 17.8 Å². The first-order chi connectivity index (χ1) is 14.9. The minimum Gasteiger partial charge on any atom is -0.360 e. The van der Waals surface area contributed by atoms with E-state index in [2.05, 4.69) is 39.8 Å². The van der Waals surface area contributed by atoms with Crippen LogP contribution in [0.1, 0.15) is 48.3 Å². The topological polar surface area (TPSA) is 97.1 Å². The molecule has 31 heavy (non-hydrogen) atoms. The Balaban J connectivity index is 1.79. The summed E-state index contributed by atoms with van der Waals surface area (Å²) in [6.07, 6.45) is 2.61. The minimum atomic E-state index is -0.268. The predicted molar refractivity (Wildman–Crippen MR) is 120 cm³/mol. The van der Waals surface area contributed by atoms with E-state index in [4.69, 9.17) is 4.52 Å². The van der Waals surface area contributed by atoms with Crippen LogP contribution in [0.4, 0.5) is 5.69 Å². The lowest BCUT2D eigenvalue weighted by atomic mass is 10.00. The molecule has 0 fully saturated rings. The molecule has 3 rings (SSSR count). The fourth-order valence-electron chi connectivity index (χ4n) is 3.15. The summed E-state index contributed by atoms with van der Waals surface area (Å²) < 4.78 is 5.13. The Morgan fingerprint density at radius 3 is 2.61 bits per heavy atom. The number of hydrogen-bond donors (Lipinski definition) is 2. The van der Waals surface area contributed by atoms with Gasteiger partial charge in [-0.1, -0.05) is 50.2 Å². The maximum absolute atomic E-state index is 12.6. The molecule has 2 N–H and O–H groups in total. The van der Waals surface area contributed by atoms with Gasteiger partial charge in [0.05, 0.1) is 24.5 Å². The Labute approximate surface area is 182 Å². The number of amides is 1. The van der Waals surface area contributed by atoms with Gasteiger partial charge in [0.25, 0.3) is 0 Å². The molecule has 0 spiro atoms. The number of rotatable bonds is 9. The highest BCUT2D eigenvalue weighted by atomic mass is 16.5. The van der Waals surface area contributed by atoms with E-state index in [1.54, 1.807) is 6.20 Å². The first kappa shape index (κ1) is 22.4. The Morgan fingerprint density at radius 1 is 1.13 bits per heavy atom. The van der Waals surface area contributed by atoms with Gasteiger partial charge >= 0.3 is 0 Å². The molecule has 1 amide bonds. The fraction of sp³-hybridized carbons (Fsp3) is 0.333. The lowest BCUT2D eigenvalue weighted by Gasteiger charge is -2.14. The summed E-state index contributed by atoms with van der Waals surface area (Å²) in [5.74, 6) is 0.0373. The van der Waals surface area contributed by atoms with Crippen LogP contribution in [0.2, 0.25) is 0 Å². The van der Waals surface area contributed by atoms with Crippen molar-refractivity contribution in [2.45, 2.75) is 40.7 Å². The molecule has 0 bridgehead atoms. The lowest BCUT2D eigenvalue weighted by molar-refractivity contribution is -0.115. The maximum atomic E-state index is 12.6. The molecule has 2 heterocycles. The summed E-state index contributed by atoms with van der Waals surface area (Å²) in [6, 6.07) is 11.8. The predicted octanol–water partition coefficient (Wildman–Crippen LogP) is 4.17. The standard InChI is InChI=1S/C24H28N4O3/c1-5-17-7-6-8-18(10-17)19-11-21(23(26-12-19)24(30)15(2)3)27-22(29)14-25-13-20-9-16(4)28-31-20/h6-12,15,25H,5,13-14H2,1-4H3,(H,27,29). The Bertz CT molecular complexity index is 1070. The number of aromatic nitrogens is 2. The zero-order valence-electron chi connectivity index (χ0n) is 18.4. The fourth-order valence-corrected chi connectivity index (χ4v) is 3.15. The van der Waals surface area contributed by atoms with Crippen molar-refractivity contribution >= 4 is 17.4 Å². The molecule has 0 aliphatic heterocycles. The molecule has 7 nitrogen and oxygen atoms in total. The summed E-state index contributed by atoms with van der Waals surface area (Å²) in [5, 5.41) is 9.68. The minimum absolute atomic E-state index is 0.0601. The number of pyridine rings is 1. The molecule has 0 atom stereocenters. The second kappa shape index (κ2) is 10.1. The monoisotopic (exact) mass is 420 g/mol. The first-order valence-electron chi connectivity index (χ1n) is 10.4. The van der Waals surface area contributed by atoms with E-state index in [-0.39, 0.29) is 29.8 Å². The molecular formula is C24H28N4O3. The largest absolute Gasteiger partial charge is 0.360 e. The lowest BCUT2D eigenvalue weighted by Crippen LogP contribution is -2.28. The molecule has 2 aromatic heterocycles. The van der Waals surface area contributed by atoms with Crippen molar-refractivity contribution in [1.82, 2.24) is 15.5 Å². The summed E-state index contributed by atoms with van der Waals surface area (Å²) in [5.41, 5.74) is 4.51. The van der Waals surface area contributed by atoms with Gasteiger partial charge in [0.2, 0.25) is 5.91 Å². The summed E-state index contributed by atoms with van der Waals surface area (Å²) >= 11 is 0. The van der Waals surface area contributed by atoms with Crippen molar-refractivity contribution < 1.29 is 14.1 Å². The smallest absolute Gasteiger partial charge is 0.238 e. The van der Waals surface area contributed by atoms with Crippen LogP contribution in [0, 0.1) is 12.8 Å². The van der Waals surface area contributed by atoms with E-state index in [1.807, 2.05) is 45.0 Å². The van der Waals surface area contributed by atoms with Crippen LogP contribution >= 0.6 is 0 Å². The number of nitrogens with zero attached hydrogens (tertiary/aromatic N) is 2. The normalized spacial score (nSPS) is 11.0. The molecule has 3 aromatic rings. The summed E-state index contributed by atoms with van der Waals surface area (Å²) in [4.78, 5) is 29.6. The molecule has 162 valence electrons. The molecule has 0 aliphatic rings. The third kappa shape index (κ3) is 5.86. The number of anilines is 1. The van der Waals surface area contributed by atoms with Gasteiger partial charge in [-0.15, -0.1) is 0 Å². The van der Waals surface area contributed by atoms with E-state index in [1.165, 1.54) is 5.56 Å². The highest BCUT2D eigenvalue weighted by molar-refractivity contribution is 6.05. The molecule has 0 radical (unpaired) electrons. The highest BCUT2D eigenvalue weighted by Gasteiger charge is 2.19. The van der Waals surface area contributed by atoms with Gasteiger partial charge in [-0.3, -0.25) is 14.6 Å². The van der Waals surface area contributed by atoms with Crippen LogP contribution in [0.5, 0.6) is 0 Å². The van der Waals surface area contributed by atoms with Gasteiger partial charge in [-0.05, 0) is 30.5 Å². The quantitative estimate of drug-likeness (QED) is 0.504. The number of Topliss-reactive ketones (excluding diaryl/α,β-unsaturated/α-hetero) is 1.